The fraction of sp³-hybridized carbons (Fsp3) is 0.417. The Balaban J connectivity index is 2.38. The average molecular weight is 276 g/mol. The highest BCUT2D eigenvalue weighted by atomic mass is 19.3. The molecule has 1 aromatic rings. The number of para-hydroxylation sites is 2. The van der Waals surface area contributed by atoms with Gasteiger partial charge in [-0.15, -0.1) is 0 Å². The van der Waals surface area contributed by atoms with E-state index in [1.54, 1.807) is 30.1 Å². The monoisotopic (exact) mass is 276 g/mol. The summed E-state index contributed by atoms with van der Waals surface area (Å²) >= 11 is 0. The van der Waals surface area contributed by atoms with Crippen LogP contribution in [0.5, 0.6) is 0 Å². The molecule has 2 rings (SSSR count). The zero-order chi connectivity index (χ0) is 14.2. The molecule has 1 aliphatic rings. The van der Waals surface area contributed by atoms with Crippen LogP contribution in [0.25, 0.3) is 0 Å². The van der Waals surface area contributed by atoms with E-state index < -0.39 is 18.3 Å². The number of likely N-dealkylation sites (N-methyl/N-ethyl adjacent to an activating group) is 1. The highest BCUT2D eigenvalue weighted by Gasteiger charge is 2.52. The van der Waals surface area contributed by atoms with Crippen molar-refractivity contribution in [1.82, 2.24) is 0 Å². The molecule has 104 valence electrons. The molecule has 0 bridgehead atoms. The minimum absolute atomic E-state index is 0.0470. The number of hydrogen-bond donors (Lipinski definition) is 0. The Labute approximate surface area is 107 Å². The maximum absolute atomic E-state index is 13.2. The van der Waals surface area contributed by atoms with E-state index in [2.05, 4.69) is 0 Å². The SMILES string of the molecule is CN1CCN(C(=O)C(F)(F)C(F)F)c2ccccc21. The van der Waals surface area contributed by atoms with E-state index in [1.165, 1.54) is 6.07 Å². The fourth-order valence-electron chi connectivity index (χ4n) is 1.99. The van der Waals surface area contributed by atoms with Crippen LogP contribution in [-0.4, -0.2) is 38.4 Å². The van der Waals surface area contributed by atoms with Crippen LogP contribution in [0, 0.1) is 0 Å². The lowest BCUT2D eigenvalue weighted by molar-refractivity contribution is -0.166. The van der Waals surface area contributed by atoms with E-state index in [9.17, 15) is 22.4 Å². The van der Waals surface area contributed by atoms with Gasteiger partial charge in [0.15, 0.2) is 0 Å². The molecule has 7 heteroatoms. The summed E-state index contributed by atoms with van der Waals surface area (Å²) < 4.78 is 50.8. The number of alkyl halides is 4. The van der Waals surface area contributed by atoms with Crippen LogP contribution in [-0.2, 0) is 4.79 Å². The van der Waals surface area contributed by atoms with Crippen LogP contribution in [0.15, 0.2) is 24.3 Å². The summed E-state index contributed by atoms with van der Waals surface area (Å²) in [6, 6.07) is 6.37. The summed E-state index contributed by atoms with van der Waals surface area (Å²) in [6.07, 6.45) is -4.01. The first-order chi connectivity index (χ1) is 8.85. The average Bonchev–Trinajstić information content (AvgIpc) is 2.38. The fourth-order valence-corrected chi connectivity index (χ4v) is 1.99. The van der Waals surface area contributed by atoms with Crippen LogP contribution >= 0.6 is 0 Å². The standard InChI is InChI=1S/C12H12F4N2O/c1-17-6-7-18(9-5-3-2-4-8(9)17)11(19)12(15,16)10(13)14/h2-5,10H,6-7H2,1H3. The van der Waals surface area contributed by atoms with Crippen LogP contribution in [0.2, 0.25) is 0 Å². The van der Waals surface area contributed by atoms with Gasteiger partial charge in [0.1, 0.15) is 0 Å². The van der Waals surface area contributed by atoms with E-state index in [-0.39, 0.29) is 12.2 Å². The molecule has 0 fully saturated rings. The third-order valence-electron chi connectivity index (χ3n) is 3.05. The topological polar surface area (TPSA) is 23.6 Å². The van der Waals surface area contributed by atoms with Gasteiger partial charge in [0.25, 0.3) is 0 Å². The van der Waals surface area contributed by atoms with Gasteiger partial charge < -0.3 is 9.80 Å². The zero-order valence-corrected chi connectivity index (χ0v) is 10.1. The number of hydrogen-bond acceptors (Lipinski definition) is 2. The minimum atomic E-state index is -4.66. The lowest BCUT2D eigenvalue weighted by atomic mass is 10.1. The number of fused-ring (bicyclic) bond motifs is 1. The molecule has 0 saturated heterocycles. The molecule has 0 aromatic heterocycles. The highest BCUT2D eigenvalue weighted by molar-refractivity contribution is 6.02. The first-order valence-corrected chi connectivity index (χ1v) is 5.64. The molecular formula is C12H12F4N2O. The molecule has 0 unspecified atom stereocenters. The Morgan fingerprint density at radius 3 is 2.37 bits per heavy atom. The number of benzene rings is 1. The zero-order valence-electron chi connectivity index (χ0n) is 10.1. The molecule has 1 aliphatic heterocycles. The number of halogens is 4. The van der Waals surface area contributed by atoms with Gasteiger partial charge in [-0.1, -0.05) is 12.1 Å². The summed E-state index contributed by atoms with van der Waals surface area (Å²) in [5.74, 6) is -6.52. The number of anilines is 2. The maximum Gasteiger partial charge on any atom is 0.384 e. The first-order valence-electron chi connectivity index (χ1n) is 5.64. The lowest BCUT2D eigenvalue weighted by Crippen LogP contribution is -2.52. The van der Waals surface area contributed by atoms with Crippen molar-refractivity contribution in [3.8, 4) is 0 Å². The highest BCUT2D eigenvalue weighted by Crippen LogP contribution is 2.35. The third kappa shape index (κ3) is 2.24. The molecule has 0 saturated carbocycles. The van der Waals surface area contributed by atoms with Crippen molar-refractivity contribution in [2.75, 3.05) is 29.9 Å². The molecule has 1 aromatic carbocycles. The van der Waals surface area contributed by atoms with E-state index >= 15 is 0 Å². The van der Waals surface area contributed by atoms with Crippen LogP contribution < -0.4 is 9.80 Å². The minimum Gasteiger partial charge on any atom is -0.371 e. The smallest absolute Gasteiger partial charge is 0.371 e. The van der Waals surface area contributed by atoms with Gasteiger partial charge in [0.2, 0.25) is 0 Å². The number of nitrogens with zero attached hydrogens (tertiary/aromatic N) is 2. The Hall–Kier alpha value is -1.79. The largest absolute Gasteiger partial charge is 0.384 e. The third-order valence-corrected chi connectivity index (χ3v) is 3.05. The number of carbonyl (C=O) groups excluding carboxylic acids is 1. The molecule has 19 heavy (non-hydrogen) atoms. The first kappa shape index (κ1) is 13.6. The van der Waals surface area contributed by atoms with Gasteiger partial charge in [0.05, 0.1) is 11.4 Å². The quantitative estimate of drug-likeness (QED) is 0.774. The van der Waals surface area contributed by atoms with Gasteiger partial charge >= 0.3 is 18.3 Å². The second-order valence-electron chi connectivity index (χ2n) is 4.29. The van der Waals surface area contributed by atoms with E-state index in [4.69, 9.17) is 0 Å². The van der Waals surface area contributed by atoms with E-state index in [0.717, 1.165) is 4.90 Å². The number of amides is 1. The van der Waals surface area contributed by atoms with Gasteiger partial charge in [-0.25, -0.2) is 8.78 Å². The molecule has 1 heterocycles. The maximum atomic E-state index is 13.2. The molecule has 0 radical (unpaired) electrons. The normalized spacial score (nSPS) is 15.7. The Morgan fingerprint density at radius 1 is 1.21 bits per heavy atom. The van der Waals surface area contributed by atoms with E-state index in [0.29, 0.717) is 12.2 Å². The van der Waals surface area contributed by atoms with Gasteiger partial charge in [-0.05, 0) is 12.1 Å². The molecule has 0 aliphatic carbocycles. The Morgan fingerprint density at radius 2 is 1.79 bits per heavy atom. The lowest BCUT2D eigenvalue weighted by Gasteiger charge is -2.36. The second kappa shape index (κ2) is 4.71. The van der Waals surface area contributed by atoms with Crippen molar-refractivity contribution in [3.05, 3.63) is 24.3 Å². The predicted molar refractivity (Wildman–Crippen MR) is 63.0 cm³/mol. The van der Waals surface area contributed by atoms with Gasteiger partial charge in [-0.2, -0.15) is 8.78 Å². The van der Waals surface area contributed by atoms with Crippen LogP contribution in [0.4, 0.5) is 28.9 Å². The second-order valence-corrected chi connectivity index (χ2v) is 4.29. The number of carbonyl (C=O) groups is 1. The molecule has 0 spiro atoms. The van der Waals surface area contributed by atoms with Crippen molar-refractivity contribution in [3.63, 3.8) is 0 Å². The van der Waals surface area contributed by atoms with Gasteiger partial charge in [0, 0.05) is 20.1 Å². The van der Waals surface area contributed by atoms with Crippen molar-refractivity contribution < 1.29 is 22.4 Å². The summed E-state index contributed by atoms with van der Waals surface area (Å²) in [5.41, 5.74) is 0.786. The van der Waals surface area contributed by atoms with Crippen LogP contribution in [0.1, 0.15) is 0 Å². The molecule has 1 amide bonds. The van der Waals surface area contributed by atoms with E-state index in [1.807, 2.05) is 0 Å². The number of rotatable bonds is 2. The summed E-state index contributed by atoms with van der Waals surface area (Å²) in [6.45, 7) is 0.261. The summed E-state index contributed by atoms with van der Waals surface area (Å²) in [4.78, 5) is 14.1. The molecule has 0 N–H and O–H groups in total. The van der Waals surface area contributed by atoms with Gasteiger partial charge in [-0.3, -0.25) is 4.79 Å². The summed E-state index contributed by atoms with van der Waals surface area (Å²) in [5, 5.41) is 0. The van der Waals surface area contributed by atoms with Crippen molar-refractivity contribution in [1.29, 1.82) is 0 Å². The predicted octanol–water partition coefficient (Wildman–Crippen LogP) is 2.37. The Bertz CT molecular complexity index is 492. The molecule has 3 nitrogen and oxygen atoms in total. The van der Waals surface area contributed by atoms with Crippen molar-refractivity contribution in [2.45, 2.75) is 12.3 Å². The molecule has 0 atom stereocenters. The van der Waals surface area contributed by atoms with Crippen molar-refractivity contribution >= 4 is 17.3 Å². The Kier molecular flexibility index (Phi) is 3.38. The van der Waals surface area contributed by atoms with Crippen LogP contribution in [0.3, 0.4) is 0 Å². The molecular weight excluding hydrogens is 264 g/mol. The van der Waals surface area contributed by atoms with Crippen molar-refractivity contribution in [2.24, 2.45) is 0 Å². The summed E-state index contributed by atoms with van der Waals surface area (Å²) in [7, 11) is 1.74.